The lowest BCUT2D eigenvalue weighted by atomic mass is 9.47. The summed E-state index contributed by atoms with van der Waals surface area (Å²) in [6.07, 6.45) is 17.2. The third kappa shape index (κ3) is 8.23. The molecule has 486 valence electrons. The van der Waals surface area contributed by atoms with Gasteiger partial charge in [-0.05, 0) is 257 Å². The maximum Gasteiger partial charge on any atom is 0.339 e. The van der Waals surface area contributed by atoms with Crippen molar-refractivity contribution in [1.29, 1.82) is 0 Å². The number of hydrogen-bond donors (Lipinski definition) is 0. The van der Waals surface area contributed by atoms with Gasteiger partial charge in [0.2, 0.25) is 0 Å². The third-order valence-electron chi connectivity index (χ3n) is 26.6. The molecule has 0 N–H and O–H groups in total. The fourth-order valence-corrected chi connectivity index (χ4v) is 26.2. The molecule has 0 bridgehead atoms. The number of ether oxygens (including phenoxy) is 1. The SMILES string of the molecule is C=CC(C=C)OC(=O)c1ccc(-c2ccc(-c3ccc4c(c3)C3(c5cc6c(cc5-4)C4(c5cc7c(cc5-6)C5(c6cc(-c8ccc9c(c8)sc8cc%10c(cc89)sc8ccccc8%10)ccc6-7)C(C)(C)CCCCC5(C)C)C(C)(C)CCCCC4(C)C)C(C)(C)CCCCC3(C)C)s2)cc1. The minimum absolute atomic E-state index is 0.0487. The summed E-state index contributed by atoms with van der Waals surface area (Å²) in [5.41, 5.74) is 22.6. The van der Waals surface area contributed by atoms with Crippen LogP contribution in [-0.2, 0) is 21.0 Å². The van der Waals surface area contributed by atoms with Crippen LogP contribution in [0, 0.1) is 32.5 Å². The van der Waals surface area contributed by atoms with Crippen molar-refractivity contribution in [2.24, 2.45) is 32.5 Å². The minimum atomic E-state index is -0.530. The molecule has 3 heterocycles. The molecule has 3 aromatic heterocycles. The van der Waals surface area contributed by atoms with Gasteiger partial charge in [-0.3, -0.25) is 0 Å². The van der Waals surface area contributed by atoms with E-state index >= 15 is 0 Å². The van der Waals surface area contributed by atoms with Crippen LogP contribution in [0.15, 0.2) is 177 Å². The van der Waals surface area contributed by atoms with E-state index in [-0.39, 0.29) is 54.7 Å². The number of hydrogen-bond acceptors (Lipinski definition) is 5. The molecule has 8 aromatic carbocycles. The van der Waals surface area contributed by atoms with Crippen LogP contribution >= 0.6 is 34.0 Å². The lowest BCUT2D eigenvalue weighted by molar-refractivity contribution is 0.0464. The summed E-state index contributed by atoms with van der Waals surface area (Å²) >= 11 is 5.72. The van der Waals surface area contributed by atoms with Crippen molar-refractivity contribution < 1.29 is 9.53 Å². The second-order valence-corrected chi connectivity index (χ2v) is 37.2. The van der Waals surface area contributed by atoms with Crippen molar-refractivity contribution in [1.82, 2.24) is 0 Å². The zero-order valence-corrected chi connectivity index (χ0v) is 61.1. The zero-order chi connectivity index (χ0) is 66.6. The average Bonchev–Trinajstić information content (AvgIpc) is 1.48. The van der Waals surface area contributed by atoms with E-state index in [1.54, 1.807) is 40.0 Å². The van der Waals surface area contributed by atoms with Crippen molar-refractivity contribution in [2.45, 2.75) is 182 Å². The van der Waals surface area contributed by atoms with E-state index in [1.807, 2.05) is 58.3 Å². The molecule has 3 fully saturated rings. The van der Waals surface area contributed by atoms with E-state index < -0.39 is 6.10 Å². The van der Waals surface area contributed by atoms with Crippen LogP contribution in [0.5, 0.6) is 0 Å². The van der Waals surface area contributed by atoms with Gasteiger partial charge >= 0.3 is 5.97 Å². The van der Waals surface area contributed by atoms with E-state index in [0.717, 1.165) is 5.56 Å². The molecule has 0 atom stereocenters. The predicted octanol–water partition coefficient (Wildman–Crippen LogP) is 27.1. The van der Waals surface area contributed by atoms with Gasteiger partial charge < -0.3 is 4.74 Å². The van der Waals surface area contributed by atoms with Crippen LogP contribution < -0.4 is 0 Å². The van der Waals surface area contributed by atoms with Crippen molar-refractivity contribution in [3.05, 3.63) is 216 Å². The molecule has 0 aliphatic heterocycles. The first-order chi connectivity index (χ1) is 45.8. The molecular weight excluding hydrogens is 1220 g/mol. The summed E-state index contributed by atoms with van der Waals surface area (Å²) in [4.78, 5) is 15.5. The lowest BCUT2D eigenvalue weighted by Gasteiger charge is -2.56. The molecule has 0 saturated heterocycles. The Balaban J connectivity index is 0.857. The van der Waals surface area contributed by atoms with Crippen molar-refractivity contribution in [2.75, 3.05) is 0 Å². The predicted molar refractivity (Wildman–Crippen MR) is 413 cm³/mol. The summed E-state index contributed by atoms with van der Waals surface area (Å²) in [6, 6.07) is 60.6. The third-order valence-corrected chi connectivity index (χ3v) is 30.0. The standard InChI is InChI=1S/C91H92O2S3/c1-15-59(16-2)93-82(92)55-29-27-54(28-30-55)76-37-38-77(94-76)58-33-35-61-65-49-75-67(51-73(65)90(71(61)46-58)85(7,8)41-21-22-42-86(90,9)10)66-50-72-64(48-74(66)91(75)87(11,12)43-23-24-44-88(91,13)14)60-34-31-56(45-70(60)89(72)83(3,4)39-19-20-40-84(89,5)6)57-32-36-63-69-53-80-68(52-81(69)96-79(63)47-57)62-25-17-18-26-78(62)95-80/h15-18,25-38,45-53,59H,1-2,19-24,39-44H2,3-14H3. The van der Waals surface area contributed by atoms with Crippen LogP contribution in [0.25, 0.3) is 106 Å². The Morgan fingerprint density at radius 1 is 0.354 bits per heavy atom. The van der Waals surface area contributed by atoms with Gasteiger partial charge in [0.1, 0.15) is 6.10 Å². The molecule has 0 amide bonds. The van der Waals surface area contributed by atoms with E-state index in [9.17, 15) is 4.79 Å². The van der Waals surface area contributed by atoms with Gasteiger partial charge in [-0.15, -0.1) is 34.0 Å². The quantitative estimate of drug-likeness (QED) is 0.117. The molecule has 2 nitrogen and oxygen atoms in total. The van der Waals surface area contributed by atoms with Crippen LogP contribution in [0.1, 0.15) is 204 Å². The first-order valence-corrected chi connectivity index (χ1v) is 38.4. The van der Waals surface area contributed by atoms with Crippen molar-refractivity contribution in [3.63, 3.8) is 0 Å². The first kappa shape index (κ1) is 62.4. The molecule has 3 saturated carbocycles. The highest BCUT2D eigenvalue weighted by atomic mass is 32.1. The van der Waals surface area contributed by atoms with Crippen LogP contribution in [0.2, 0.25) is 0 Å². The molecule has 96 heavy (non-hydrogen) atoms. The summed E-state index contributed by atoms with van der Waals surface area (Å²) in [7, 11) is 0. The molecule has 17 rings (SSSR count). The maximum absolute atomic E-state index is 13.1. The highest BCUT2D eigenvalue weighted by Gasteiger charge is 2.67. The lowest BCUT2D eigenvalue weighted by Crippen LogP contribution is -2.52. The van der Waals surface area contributed by atoms with Crippen molar-refractivity contribution >= 4 is 80.3 Å². The Bertz CT molecular complexity index is 5070. The summed E-state index contributed by atoms with van der Waals surface area (Å²) in [6.45, 7) is 39.5. The number of carbonyl (C=O) groups excluding carboxylic acids is 1. The number of carbonyl (C=O) groups is 1. The molecule has 5 heteroatoms. The summed E-state index contributed by atoms with van der Waals surface area (Å²) in [5.74, 6) is -0.381. The number of rotatable bonds is 7. The number of fused-ring (bicyclic) bond motifs is 21. The van der Waals surface area contributed by atoms with Gasteiger partial charge in [0.15, 0.2) is 0 Å². The molecule has 6 aliphatic carbocycles. The second-order valence-electron chi connectivity index (χ2n) is 33.9. The van der Waals surface area contributed by atoms with E-state index in [2.05, 4.69) is 224 Å². The maximum atomic E-state index is 13.1. The minimum Gasteiger partial charge on any atom is -0.450 e. The Hall–Kier alpha value is -7.15. The van der Waals surface area contributed by atoms with Gasteiger partial charge in [0.05, 0.1) is 5.56 Å². The van der Waals surface area contributed by atoms with Crippen LogP contribution in [0.3, 0.4) is 0 Å². The largest absolute Gasteiger partial charge is 0.450 e. The normalized spacial score (nSPS) is 20.6. The molecule has 0 unspecified atom stereocenters. The highest BCUT2D eigenvalue weighted by Crippen LogP contribution is 2.76. The molecule has 0 radical (unpaired) electrons. The molecule has 3 spiro atoms. The van der Waals surface area contributed by atoms with Gasteiger partial charge in [0.25, 0.3) is 0 Å². The van der Waals surface area contributed by atoms with Crippen LogP contribution in [-0.4, -0.2) is 12.1 Å². The smallest absolute Gasteiger partial charge is 0.339 e. The topological polar surface area (TPSA) is 26.3 Å². The highest BCUT2D eigenvalue weighted by molar-refractivity contribution is 7.27. The second kappa shape index (κ2) is 21.2. The Morgan fingerprint density at radius 2 is 0.708 bits per heavy atom. The van der Waals surface area contributed by atoms with Gasteiger partial charge in [-0.25, -0.2) is 4.79 Å². The summed E-state index contributed by atoms with van der Waals surface area (Å²) in [5, 5.41) is 5.47. The van der Waals surface area contributed by atoms with Crippen molar-refractivity contribution in [3.8, 4) is 65.4 Å². The number of thiophene rings is 3. The Morgan fingerprint density at radius 3 is 1.18 bits per heavy atom. The Labute approximate surface area is 582 Å². The van der Waals surface area contributed by atoms with Crippen LogP contribution in [0.4, 0.5) is 0 Å². The zero-order valence-electron chi connectivity index (χ0n) is 58.6. The van der Waals surface area contributed by atoms with E-state index in [1.165, 1.54) is 183 Å². The fourth-order valence-electron chi connectivity index (χ4n) is 22.9. The molecule has 11 aromatic rings. The fraction of sp³-hybridized carbons (Fsp3) is 0.374. The average molecular weight is 1310 g/mol. The van der Waals surface area contributed by atoms with E-state index in [4.69, 9.17) is 4.74 Å². The Kier molecular flexibility index (Phi) is 13.8. The van der Waals surface area contributed by atoms with E-state index in [0.29, 0.717) is 5.56 Å². The van der Waals surface area contributed by atoms with Gasteiger partial charge in [-0.1, -0.05) is 201 Å². The molecular formula is C91H92O2S3. The summed E-state index contributed by atoms with van der Waals surface area (Å²) < 4.78 is 11.1. The van der Waals surface area contributed by atoms with Gasteiger partial charge in [-0.2, -0.15) is 0 Å². The number of esters is 1. The number of benzene rings is 8. The monoisotopic (exact) mass is 1310 g/mol. The molecule has 6 aliphatic rings. The van der Waals surface area contributed by atoms with Gasteiger partial charge in [0, 0.05) is 66.3 Å². The first-order valence-electron chi connectivity index (χ1n) is 36.0.